The number of hydrogen-bond acceptors (Lipinski definition) is 4. The molecule has 0 saturated heterocycles. The molecule has 0 heterocycles. The highest BCUT2D eigenvalue weighted by atomic mass is 35.5. The average Bonchev–Trinajstić information content (AvgIpc) is 2.86. The fourth-order valence-electron chi connectivity index (χ4n) is 3.58. The summed E-state index contributed by atoms with van der Waals surface area (Å²) in [5, 5.41) is 3.78. The topological polar surface area (TPSA) is 38.3 Å². The fourth-order valence-corrected chi connectivity index (χ4v) is 4.60. The van der Waals surface area contributed by atoms with Gasteiger partial charge in [0.05, 0.1) is 12.8 Å². The van der Waals surface area contributed by atoms with Crippen LogP contribution in [0.5, 0.6) is 5.75 Å². The molecule has 3 nitrogen and oxygen atoms in total. The van der Waals surface area contributed by atoms with Crippen LogP contribution >= 0.6 is 23.4 Å². The molecule has 1 N–H and O–H groups in total. The van der Waals surface area contributed by atoms with Crippen LogP contribution in [0, 0.1) is 12.7 Å². The summed E-state index contributed by atoms with van der Waals surface area (Å²) < 4.78 is 20.6. The standard InChI is InChI=1S/C28H23ClFNO2S/c1-18-12-20(8-10-24(18)29)23-14-28(33-2)27(15-25(23)30)31-26-11-9-22(13-21(26)16-32)34-17-19-6-4-3-5-7-19/h3-16,31H,17H2,1-2H3. The molecule has 0 unspecified atom stereocenters. The van der Waals surface area contributed by atoms with Gasteiger partial charge in [0.25, 0.3) is 0 Å². The van der Waals surface area contributed by atoms with Crippen LogP contribution in [0.25, 0.3) is 11.1 Å². The van der Waals surface area contributed by atoms with Crippen molar-refractivity contribution in [1.82, 2.24) is 0 Å². The molecular formula is C28H23ClFNO2S. The summed E-state index contributed by atoms with van der Waals surface area (Å²) >= 11 is 7.76. The minimum atomic E-state index is -0.410. The Labute approximate surface area is 207 Å². The van der Waals surface area contributed by atoms with Crippen LogP contribution in [0.15, 0.2) is 83.8 Å². The summed E-state index contributed by atoms with van der Waals surface area (Å²) in [7, 11) is 1.53. The molecule has 0 saturated carbocycles. The first-order chi connectivity index (χ1) is 16.5. The molecule has 4 aromatic carbocycles. The van der Waals surface area contributed by atoms with Crippen molar-refractivity contribution in [3.05, 3.63) is 106 Å². The molecule has 6 heteroatoms. The van der Waals surface area contributed by atoms with E-state index in [9.17, 15) is 4.79 Å². The highest BCUT2D eigenvalue weighted by Gasteiger charge is 2.15. The number of aldehydes is 1. The monoisotopic (exact) mass is 491 g/mol. The maximum atomic E-state index is 15.1. The number of thioether (sulfide) groups is 1. The molecule has 0 spiro atoms. The molecule has 0 radical (unpaired) electrons. The van der Waals surface area contributed by atoms with Gasteiger partial charge in [-0.25, -0.2) is 4.39 Å². The van der Waals surface area contributed by atoms with E-state index in [-0.39, 0.29) is 0 Å². The molecule has 0 bridgehead atoms. The third kappa shape index (κ3) is 5.44. The molecule has 0 aliphatic rings. The molecule has 34 heavy (non-hydrogen) atoms. The SMILES string of the molecule is COc1cc(-c2ccc(Cl)c(C)c2)c(F)cc1Nc1ccc(SCc2ccccc2)cc1C=O. The zero-order valence-electron chi connectivity index (χ0n) is 18.8. The summed E-state index contributed by atoms with van der Waals surface area (Å²) in [4.78, 5) is 12.8. The predicted octanol–water partition coefficient (Wildman–Crippen LogP) is 8.31. The highest BCUT2D eigenvalue weighted by Crippen LogP contribution is 2.37. The molecule has 4 aromatic rings. The smallest absolute Gasteiger partial charge is 0.152 e. The van der Waals surface area contributed by atoms with E-state index in [1.165, 1.54) is 18.7 Å². The minimum Gasteiger partial charge on any atom is -0.495 e. The van der Waals surface area contributed by atoms with Crippen LogP contribution in [0.3, 0.4) is 0 Å². The molecule has 0 amide bonds. The second-order valence-electron chi connectivity index (χ2n) is 7.76. The van der Waals surface area contributed by atoms with E-state index in [0.29, 0.717) is 38.8 Å². The van der Waals surface area contributed by atoms with Crippen molar-refractivity contribution in [1.29, 1.82) is 0 Å². The van der Waals surface area contributed by atoms with Crippen LogP contribution in [0.1, 0.15) is 21.5 Å². The lowest BCUT2D eigenvalue weighted by atomic mass is 10.0. The van der Waals surface area contributed by atoms with Gasteiger partial charge in [-0.15, -0.1) is 11.8 Å². The first-order valence-electron chi connectivity index (χ1n) is 10.7. The number of methoxy groups -OCH3 is 1. The maximum Gasteiger partial charge on any atom is 0.152 e. The lowest BCUT2D eigenvalue weighted by molar-refractivity contribution is 0.112. The second-order valence-corrected chi connectivity index (χ2v) is 9.22. The van der Waals surface area contributed by atoms with Gasteiger partial charge < -0.3 is 10.1 Å². The van der Waals surface area contributed by atoms with Gasteiger partial charge in [0.15, 0.2) is 6.29 Å². The largest absolute Gasteiger partial charge is 0.495 e. The number of carbonyl (C=O) groups excluding carboxylic acids is 1. The molecule has 0 fully saturated rings. The lowest BCUT2D eigenvalue weighted by Crippen LogP contribution is -2.00. The number of nitrogens with one attached hydrogen (secondary N) is 1. The Morgan fingerprint density at radius 3 is 2.50 bits per heavy atom. The van der Waals surface area contributed by atoms with Gasteiger partial charge in [-0.05, 0) is 60.0 Å². The van der Waals surface area contributed by atoms with Crippen molar-refractivity contribution in [2.45, 2.75) is 17.6 Å². The van der Waals surface area contributed by atoms with Gasteiger partial charge in [-0.3, -0.25) is 4.79 Å². The average molecular weight is 492 g/mol. The molecule has 4 rings (SSSR count). The molecule has 172 valence electrons. The van der Waals surface area contributed by atoms with Crippen LogP contribution in [0.4, 0.5) is 15.8 Å². The van der Waals surface area contributed by atoms with E-state index < -0.39 is 5.82 Å². The molecule has 0 aliphatic carbocycles. The van der Waals surface area contributed by atoms with Gasteiger partial charge in [0.2, 0.25) is 0 Å². The number of anilines is 2. The van der Waals surface area contributed by atoms with Crippen LogP contribution in [-0.4, -0.2) is 13.4 Å². The van der Waals surface area contributed by atoms with Crippen molar-refractivity contribution >= 4 is 41.0 Å². The van der Waals surface area contributed by atoms with Gasteiger partial charge in [-0.1, -0.05) is 48.0 Å². The summed E-state index contributed by atoms with van der Waals surface area (Å²) in [6, 6.07) is 24.1. The van der Waals surface area contributed by atoms with E-state index in [0.717, 1.165) is 22.5 Å². The Bertz CT molecular complexity index is 1330. The number of halogens is 2. The van der Waals surface area contributed by atoms with E-state index in [2.05, 4.69) is 17.4 Å². The number of hydrogen-bond donors (Lipinski definition) is 1. The van der Waals surface area contributed by atoms with E-state index in [4.69, 9.17) is 16.3 Å². The quantitative estimate of drug-likeness (QED) is 0.198. The number of aryl methyl sites for hydroxylation is 1. The summed E-state index contributed by atoms with van der Waals surface area (Å²) in [6.45, 7) is 1.87. The van der Waals surface area contributed by atoms with Crippen molar-refractivity contribution in [3.8, 4) is 16.9 Å². The first-order valence-corrected chi connectivity index (χ1v) is 12.0. The minimum absolute atomic E-state index is 0.408. The third-order valence-corrected chi connectivity index (χ3v) is 6.91. The van der Waals surface area contributed by atoms with Crippen molar-refractivity contribution < 1.29 is 13.9 Å². The fraction of sp³-hybridized carbons (Fsp3) is 0.107. The van der Waals surface area contributed by atoms with Crippen molar-refractivity contribution in [2.75, 3.05) is 12.4 Å². The lowest BCUT2D eigenvalue weighted by Gasteiger charge is -2.16. The first kappa shape index (κ1) is 23.9. The van der Waals surface area contributed by atoms with Crippen LogP contribution in [0.2, 0.25) is 5.02 Å². The summed E-state index contributed by atoms with van der Waals surface area (Å²) in [6.07, 6.45) is 0.794. The third-order valence-electron chi connectivity index (χ3n) is 5.43. The van der Waals surface area contributed by atoms with Crippen LogP contribution < -0.4 is 10.1 Å². The second kappa shape index (κ2) is 10.8. The van der Waals surface area contributed by atoms with Gasteiger partial charge >= 0.3 is 0 Å². The summed E-state index contributed by atoms with van der Waals surface area (Å²) in [5.74, 6) is 0.854. The van der Waals surface area contributed by atoms with Gasteiger partial charge in [0.1, 0.15) is 11.6 Å². The summed E-state index contributed by atoms with van der Waals surface area (Å²) in [5.41, 5.74) is 4.68. The Morgan fingerprint density at radius 1 is 1.00 bits per heavy atom. The zero-order valence-corrected chi connectivity index (χ0v) is 20.3. The van der Waals surface area contributed by atoms with Crippen molar-refractivity contribution in [2.24, 2.45) is 0 Å². The van der Waals surface area contributed by atoms with E-state index >= 15 is 4.39 Å². The van der Waals surface area contributed by atoms with E-state index in [1.807, 2.05) is 49.4 Å². The Kier molecular flexibility index (Phi) is 7.56. The number of rotatable bonds is 8. The number of carbonyl (C=O) groups is 1. The predicted molar refractivity (Wildman–Crippen MR) is 139 cm³/mol. The van der Waals surface area contributed by atoms with E-state index in [1.54, 1.807) is 30.0 Å². The van der Waals surface area contributed by atoms with Crippen LogP contribution in [-0.2, 0) is 5.75 Å². The molecule has 0 aliphatic heterocycles. The van der Waals surface area contributed by atoms with Gasteiger partial charge in [-0.2, -0.15) is 0 Å². The molecule has 0 atom stereocenters. The Morgan fingerprint density at radius 2 is 1.79 bits per heavy atom. The normalized spacial score (nSPS) is 10.7. The van der Waals surface area contributed by atoms with Gasteiger partial charge in [0, 0.05) is 38.6 Å². The molecular weight excluding hydrogens is 469 g/mol. The highest BCUT2D eigenvalue weighted by molar-refractivity contribution is 7.98. The maximum absolute atomic E-state index is 15.1. The zero-order chi connectivity index (χ0) is 24.1. The molecule has 0 aromatic heterocycles. The number of ether oxygens (including phenoxy) is 1. The van der Waals surface area contributed by atoms with Crippen molar-refractivity contribution in [3.63, 3.8) is 0 Å². The Balaban J connectivity index is 1.59. The number of benzene rings is 4. The Hall–Kier alpha value is -3.28.